The number of imidazole rings is 1. The number of fused-ring (bicyclic) bond motifs is 1. The fourth-order valence-corrected chi connectivity index (χ4v) is 4.38. The van der Waals surface area contributed by atoms with E-state index in [2.05, 4.69) is 15.1 Å². The van der Waals surface area contributed by atoms with Gasteiger partial charge in [-0.25, -0.2) is 4.98 Å². The smallest absolute Gasteiger partial charge is 0.337 e. The van der Waals surface area contributed by atoms with Crippen molar-refractivity contribution in [2.75, 3.05) is 0 Å². The van der Waals surface area contributed by atoms with Gasteiger partial charge in [0.25, 0.3) is 0 Å². The van der Waals surface area contributed by atoms with E-state index in [1.54, 1.807) is 7.05 Å². The van der Waals surface area contributed by atoms with Gasteiger partial charge in [-0.2, -0.15) is 31.4 Å². The molecule has 34 heavy (non-hydrogen) atoms. The fourth-order valence-electron chi connectivity index (χ4n) is 3.85. The van der Waals surface area contributed by atoms with Crippen molar-refractivity contribution in [2.24, 2.45) is 7.05 Å². The van der Waals surface area contributed by atoms with Gasteiger partial charge in [-0.05, 0) is 29.8 Å². The summed E-state index contributed by atoms with van der Waals surface area (Å²) in [4.78, 5) is 7.40. The molecule has 4 aromatic rings. The molecule has 0 spiro atoms. The van der Waals surface area contributed by atoms with Gasteiger partial charge >= 0.3 is 12.4 Å². The minimum absolute atomic E-state index is 0.241. The largest absolute Gasteiger partial charge is 0.417 e. The zero-order valence-corrected chi connectivity index (χ0v) is 19.2. The van der Waals surface area contributed by atoms with Crippen molar-refractivity contribution in [1.29, 1.82) is 0 Å². The monoisotopic (exact) mass is 500 g/mol. The minimum atomic E-state index is -4.98. The number of nitrogens with zero attached hydrogens (tertiary/aromatic N) is 3. The number of benzene rings is 2. The molecule has 0 amide bonds. The third-order valence-corrected chi connectivity index (χ3v) is 5.73. The first kappa shape index (κ1) is 24.1. The average molecular weight is 501 g/mol. The summed E-state index contributed by atoms with van der Waals surface area (Å²) in [6, 6.07) is 5.80. The Labute approximate surface area is 195 Å². The van der Waals surface area contributed by atoms with Crippen LogP contribution in [0.2, 0.25) is 5.02 Å². The van der Waals surface area contributed by atoms with E-state index in [0.29, 0.717) is 39.9 Å². The van der Waals surface area contributed by atoms with Crippen LogP contribution < -0.4 is 0 Å². The van der Waals surface area contributed by atoms with Gasteiger partial charge in [-0.15, -0.1) is 0 Å². The number of hydrogen-bond acceptors (Lipinski definition) is 2. The minimum Gasteiger partial charge on any atom is -0.337 e. The summed E-state index contributed by atoms with van der Waals surface area (Å²) in [5.74, 6) is 0.294. The third-order valence-electron chi connectivity index (χ3n) is 5.37. The molecular weight excluding hydrogens is 482 g/mol. The maximum absolute atomic E-state index is 13.6. The third kappa shape index (κ3) is 4.15. The van der Waals surface area contributed by atoms with Gasteiger partial charge in [0.1, 0.15) is 5.69 Å². The molecule has 0 bridgehead atoms. The van der Waals surface area contributed by atoms with Crippen LogP contribution in [0.4, 0.5) is 26.3 Å². The van der Waals surface area contributed by atoms with Crippen LogP contribution in [0.25, 0.3) is 33.7 Å². The number of aromatic amines is 1. The number of H-pyrrole nitrogens is 1. The van der Waals surface area contributed by atoms with E-state index in [-0.39, 0.29) is 16.5 Å². The Morgan fingerprint density at radius 2 is 1.50 bits per heavy atom. The highest BCUT2D eigenvalue weighted by molar-refractivity contribution is 6.33. The maximum Gasteiger partial charge on any atom is 0.417 e. The molecular formula is C23H19ClF6N4. The zero-order valence-electron chi connectivity index (χ0n) is 18.5. The molecule has 4 rings (SSSR count). The molecule has 2 heterocycles. The van der Waals surface area contributed by atoms with E-state index >= 15 is 0 Å². The van der Waals surface area contributed by atoms with Gasteiger partial charge in [-0.1, -0.05) is 44.5 Å². The van der Waals surface area contributed by atoms with Crippen LogP contribution in [0, 0.1) is 0 Å². The molecule has 4 nitrogen and oxygen atoms in total. The molecule has 0 atom stereocenters. The van der Waals surface area contributed by atoms with Crippen molar-refractivity contribution in [3.63, 3.8) is 0 Å². The summed E-state index contributed by atoms with van der Waals surface area (Å²) in [6.45, 7) is 5.81. The maximum atomic E-state index is 13.6. The van der Waals surface area contributed by atoms with Crippen LogP contribution >= 0.6 is 11.6 Å². The van der Waals surface area contributed by atoms with Crippen molar-refractivity contribution in [3.8, 4) is 22.6 Å². The Bertz CT molecular complexity index is 1360. The molecule has 0 aliphatic rings. The van der Waals surface area contributed by atoms with Crippen molar-refractivity contribution < 1.29 is 26.3 Å². The van der Waals surface area contributed by atoms with Gasteiger partial charge in [0, 0.05) is 18.0 Å². The normalized spacial score (nSPS) is 13.1. The summed E-state index contributed by atoms with van der Waals surface area (Å²) in [7, 11) is 1.67. The molecule has 0 unspecified atom stereocenters. The van der Waals surface area contributed by atoms with Crippen molar-refractivity contribution >= 4 is 22.6 Å². The molecule has 0 saturated heterocycles. The van der Waals surface area contributed by atoms with Crippen molar-refractivity contribution in [1.82, 2.24) is 19.7 Å². The van der Waals surface area contributed by atoms with E-state index in [0.717, 1.165) is 6.07 Å². The molecule has 0 aliphatic heterocycles. The van der Waals surface area contributed by atoms with Gasteiger partial charge < -0.3 is 4.98 Å². The van der Waals surface area contributed by atoms with E-state index in [1.807, 2.05) is 20.8 Å². The first-order valence-corrected chi connectivity index (χ1v) is 10.5. The van der Waals surface area contributed by atoms with Crippen LogP contribution in [0.5, 0.6) is 0 Å². The number of alkyl halides is 6. The molecule has 2 aromatic heterocycles. The lowest BCUT2D eigenvalue weighted by molar-refractivity contribution is -0.142. The second-order valence-electron chi connectivity index (χ2n) is 8.93. The Kier molecular flexibility index (Phi) is 5.51. The molecule has 0 saturated carbocycles. The highest BCUT2D eigenvalue weighted by Crippen LogP contribution is 2.45. The summed E-state index contributed by atoms with van der Waals surface area (Å²) in [6.07, 6.45) is -9.95. The van der Waals surface area contributed by atoms with E-state index in [1.165, 1.54) is 22.9 Å². The van der Waals surface area contributed by atoms with Gasteiger partial charge in [0.2, 0.25) is 0 Å². The molecule has 0 radical (unpaired) electrons. The topological polar surface area (TPSA) is 46.5 Å². The SMILES string of the molecule is Cn1nc(C(C)(C)C)c(Cl)c1-c1nc2ccc(-c3c(C(F)(F)F)cccc3C(F)(F)F)cc2[nH]1. The predicted molar refractivity (Wildman–Crippen MR) is 117 cm³/mol. The Morgan fingerprint density at radius 1 is 0.912 bits per heavy atom. The number of aromatic nitrogens is 4. The summed E-state index contributed by atoms with van der Waals surface area (Å²) < 4.78 is 83.2. The lowest BCUT2D eigenvalue weighted by Gasteiger charge is -2.18. The highest BCUT2D eigenvalue weighted by atomic mass is 35.5. The van der Waals surface area contributed by atoms with Gasteiger partial charge in [0.05, 0.1) is 32.9 Å². The Morgan fingerprint density at radius 3 is 2.00 bits per heavy atom. The second kappa shape index (κ2) is 7.76. The first-order chi connectivity index (χ1) is 15.6. The first-order valence-electron chi connectivity index (χ1n) is 10.1. The standard InChI is InChI=1S/C23H19ClF6N4/c1-21(2,3)19-17(24)18(34(4)33-19)20-31-14-9-8-11(10-15(14)32-20)16-12(22(25,26)27)6-5-7-13(16)23(28,29)30/h5-10H,1-4H3,(H,31,32). The highest BCUT2D eigenvalue weighted by Gasteiger charge is 2.41. The van der Waals surface area contributed by atoms with Crippen LogP contribution in [-0.4, -0.2) is 19.7 Å². The van der Waals surface area contributed by atoms with Crippen LogP contribution in [0.1, 0.15) is 37.6 Å². The second-order valence-corrected chi connectivity index (χ2v) is 9.30. The number of nitrogens with one attached hydrogen (secondary N) is 1. The van der Waals surface area contributed by atoms with Crippen LogP contribution in [0.3, 0.4) is 0 Å². The van der Waals surface area contributed by atoms with Crippen LogP contribution in [0.15, 0.2) is 36.4 Å². The van der Waals surface area contributed by atoms with Gasteiger partial charge in [-0.3, -0.25) is 4.68 Å². The van der Waals surface area contributed by atoms with Crippen molar-refractivity contribution in [3.05, 3.63) is 58.2 Å². The number of aryl methyl sites for hydroxylation is 1. The number of hydrogen-bond donors (Lipinski definition) is 1. The van der Waals surface area contributed by atoms with Crippen LogP contribution in [-0.2, 0) is 24.8 Å². The van der Waals surface area contributed by atoms with E-state index in [4.69, 9.17) is 11.6 Å². The molecule has 2 aromatic carbocycles. The van der Waals surface area contributed by atoms with E-state index < -0.39 is 29.0 Å². The number of halogens is 7. The quantitative estimate of drug-likeness (QED) is 0.288. The molecule has 1 N–H and O–H groups in total. The molecule has 0 fully saturated rings. The lowest BCUT2D eigenvalue weighted by Crippen LogP contribution is -2.14. The fraction of sp³-hybridized carbons (Fsp3) is 0.304. The Balaban J connectivity index is 1.92. The molecule has 180 valence electrons. The number of rotatable bonds is 2. The zero-order chi connectivity index (χ0) is 25.2. The van der Waals surface area contributed by atoms with Gasteiger partial charge in [0.15, 0.2) is 5.82 Å². The van der Waals surface area contributed by atoms with Crippen molar-refractivity contribution in [2.45, 2.75) is 38.5 Å². The molecule has 11 heteroatoms. The summed E-state index contributed by atoms with van der Waals surface area (Å²) in [5, 5.41) is 4.80. The molecule has 0 aliphatic carbocycles. The average Bonchev–Trinajstić information content (AvgIpc) is 3.24. The Hall–Kier alpha value is -3.01. The van der Waals surface area contributed by atoms with E-state index in [9.17, 15) is 26.3 Å². The summed E-state index contributed by atoms with van der Waals surface area (Å²) in [5.41, 5.74) is -2.58. The predicted octanol–water partition coefficient (Wildman–Crippen LogP) is 7.62. The lowest BCUT2D eigenvalue weighted by atomic mass is 9.92. The summed E-state index contributed by atoms with van der Waals surface area (Å²) >= 11 is 6.55.